The molecule has 1 aromatic heterocycles. The van der Waals surface area contributed by atoms with Crippen LogP contribution in [-0.4, -0.2) is 33.9 Å². The summed E-state index contributed by atoms with van der Waals surface area (Å²) in [4.78, 5) is 41.1. The maximum absolute atomic E-state index is 12.4. The molecule has 0 saturated heterocycles. The highest BCUT2D eigenvalue weighted by molar-refractivity contribution is 6.33. The maximum atomic E-state index is 12.4. The molecule has 0 fully saturated rings. The molecule has 3 amide bonds. The molecule has 0 aliphatic carbocycles. The van der Waals surface area contributed by atoms with E-state index in [4.69, 9.17) is 16.1 Å². The highest BCUT2D eigenvalue weighted by Crippen LogP contribution is 2.24. The largest absolute Gasteiger partial charge is 0.347 e. The third-order valence-electron chi connectivity index (χ3n) is 4.73. The van der Waals surface area contributed by atoms with Crippen molar-refractivity contribution in [2.75, 3.05) is 5.32 Å². The summed E-state index contributed by atoms with van der Waals surface area (Å²) in [5.74, 6) is -0.502. The third kappa shape index (κ3) is 4.72. The number of halogens is 1. The summed E-state index contributed by atoms with van der Waals surface area (Å²) in [7, 11) is 0. The van der Waals surface area contributed by atoms with Crippen LogP contribution < -0.4 is 16.0 Å². The number of benzene rings is 2. The molecule has 4 rings (SSSR count). The average molecular weight is 440 g/mol. The summed E-state index contributed by atoms with van der Waals surface area (Å²) in [6, 6.07) is 13.0. The molecule has 3 aromatic rings. The Bertz CT molecular complexity index is 1150. The van der Waals surface area contributed by atoms with Gasteiger partial charge >= 0.3 is 0 Å². The standard InChI is InChI=1S/C21H18ClN5O4/c22-14-7-3-1-5-12(14)19-26-18(31-27-19)11-23-17(28)10-9-16-21(30)24-15-8-4-2-6-13(15)20(29)25-16/h1-8,16H,9-11H2,(H,23,28)(H,24,30)(H,25,29)/t16-/m1/s1. The number of amides is 3. The van der Waals surface area contributed by atoms with Crippen LogP contribution in [0.1, 0.15) is 29.1 Å². The molecule has 1 aliphatic heterocycles. The molecule has 2 aromatic carbocycles. The maximum Gasteiger partial charge on any atom is 0.254 e. The second kappa shape index (κ2) is 8.97. The fourth-order valence-corrected chi connectivity index (χ4v) is 3.35. The molecule has 31 heavy (non-hydrogen) atoms. The number of hydrogen-bond donors (Lipinski definition) is 3. The Morgan fingerprint density at radius 1 is 1.10 bits per heavy atom. The van der Waals surface area contributed by atoms with Gasteiger partial charge in [0.05, 0.1) is 22.8 Å². The number of anilines is 1. The first-order chi connectivity index (χ1) is 15.0. The number of nitrogens with one attached hydrogen (secondary N) is 3. The number of carbonyl (C=O) groups excluding carboxylic acids is 3. The summed E-state index contributed by atoms with van der Waals surface area (Å²) in [5.41, 5.74) is 1.46. The molecule has 0 unspecified atom stereocenters. The lowest BCUT2D eigenvalue weighted by atomic mass is 10.1. The number of rotatable bonds is 6. The van der Waals surface area contributed by atoms with Gasteiger partial charge in [-0.2, -0.15) is 4.98 Å². The lowest BCUT2D eigenvalue weighted by Crippen LogP contribution is -2.42. The molecule has 158 valence electrons. The first kappa shape index (κ1) is 20.5. The Morgan fingerprint density at radius 2 is 1.84 bits per heavy atom. The Kier molecular flexibility index (Phi) is 5.94. The molecule has 1 aliphatic rings. The van der Waals surface area contributed by atoms with Crippen LogP contribution in [0.2, 0.25) is 5.02 Å². The van der Waals surface area contributed by atoms with Gasteiger partial charge in [-0.25, -0.2) is 0 Å². The Labute approximate surface area is 182 Å². The highest BCUT2D eigenvalue weighted by Gasteiger charge is 2.27. The minimum absolute atomic E-state index is 0.0280. The van der Waals surface area contributed by atoms with Gasteiger partial charge in [0.2, 0.25) is 23.5 Å². The van der Waals surface area contributed by atoms with E-state index < -0.39 is 6.04 Å². The zero-order valence-electron chi connectivity index (χ0n) is 16.2. The van der Waals surface area contributed by atoms with Crippen molar-refractivity contribution in [2.24, 2.45) is 0 Å². The molecule has 3 N–H and O–H groups in total. The summed E-state index contributed by atoms with van der Waals surface area (Å²) >= 11 is 6.12. The van der Waals surface area contributed by atoms with Gasteiger partial charge in [-0.15, -0.1) is 0 Å². The van der Waals surface area contributed by atoms with Crippen molar-refractivity contribution in [3.8, 4) is 11.4 Å². The first-order valence-corrected chi connectivity index (χ1v) is 9.94. The highest BCUT2D eigenvalue weighted by atomic mass is 35.5. The predicted octanol–water partition coefficient (Wildman–Crippen LogP) is 2.54. The van der Waals surface area contributed by atoms with Crippen LogP contribution in [0, 0.1) is 0 Å². The monoisotopic (exact) mass is 439 g/mol. The van der Waals surface area contributed by atoms with Crippen LogP contribution >= 0.6 is 11.6 Å². The molecule has 0 saturated carbocycles. The van der Waals surface area contributed by atoms with E-state index in [9.17, 15) is 14.4 Å². The molecular weight excluding hydrogens is 422 g/mol. The number of fused-ring (bicyclic) bond motifs is 1. The van der Waals surface area contributed by atoms with Crippen molar-refractivity contribution in [3.05, 3.63) is 65.0 Å². The fourth-order valence-electron chi connectivity index (χ4n) is 3.13. The SMILES string of the molecule is O=C(CC[C@H]1NC(=O)c2ccccc2NC1=O)NCc1nc(-c2ccccc2Cl)no1. The van der Waals surface area contributed by atoms with E-state index >= 15 is 0 Å². The molecule has 0 spiro atoms. The zero-order valence-corrected chi connectivity index (χ0v) is 17.0. The van der Waals surface area contributed by atoms with Gasteiger partial charge in [0.1, 0.15) is 6.04 Å². The van der Waals surface area contributed by atoms with E-state index in [0.29, 0.717) is 27.7 Å². The Hall–Kier alpha value is -3.72. The van der Waals surface area contributed by atoms with E-state index in [1.807, 2.05) is 0 Å². The summed E-state index contributed by atoms with van der Waals surface area (Å²) in [5, 5.41) is 12.4. The van der Waals surface area contributed by atoms with Gasteiger partial charge in [-0.05, 0) is 30.7 Å². The van der Waals surface area contributed by atoms with Crippen molar-refractivity contribution < 1.29 is 18.9 Å². The van der Waals surface area contributed by atoms with Crippen molar-refractivity contribution in [3.63, 3.8) is 0 Å². The smallest absolute Gasteiger partial charge is 0.254 e. The Morgan fingerprint density at radius 3 is 2.65 bits per heavy atom. The molecule has 0 radical (unpaired) electrons. The summed E-state index contributed by atoms with van der Waals surface area (Å²) in [6.45, 7) is 0.0327. The molecular formula is C21H18ClN5O4. The fraction of sp³-hybridized carbons (Fsp3) is 0.190. The first-order valence-electron chi connectivity index (χ1n) is 9.56. The number of hydrogen-bond acceptors (Lipinski definition) is 6. The number of para-hydroxylation sites is 1. The van der Waals surface area contributed by atoms with E-state index in [-0.39, 0.29) is 43.0 Å². The molecule has 1 atom stereocenters. The lowest BCUT2D eigenvalue weighted by Gasteiger charge is -2.14. The van der Waals surface area contributed by atoms with Crippen molar-refractivity contribution >= 4 is 35.0 Å². The quantitative estimate of drug-likeness (QED) is 0.541. The number of carbonyl (C=O) groups is 3. The minimum Gasteiger partial charge on any atom is -0.347 e. The van der Waals surface area contributed by atoms with Crippen LogP contribution in [0.25, 0.3) is 11.4 Å². The van der Waals surface area contributed by atoms with E-state index in [2.05, 4.69) is 26.1 Å². The molecule has 9 nitrogen and oxygen atoms in total. The lowest BCUT2D eigenvalue weighted by molar-refractivity contribution is -0.122. The van der Waals surface area contributed by atoms with Gasteiger partial charge in [0.25, 0.3) is 5.91 Å². The Balaban J connectivity index is 1.30. The van der Waals surface area contributed by atoms with Crippen molar-refractivity contribution in [1.82, 2.24) is 20.8 Å². The van der Waals surface area contributed by atoms with Crippen LogP contribution in [0.4, 0.5) is 5.69 Å². The molecule has 0 bridgehead atoms. The van der Waals surface area contributed by atoms with Crippen LogP contribution in [0.5, 0.6) is 0 Å². The second-order valence-electron chi connectivity index (χ2n) is 6.87. The third-order valence-corrected chi connectivity index (χ3v) is 5.06. The zero-order chi connectivity index (χ0) is 21.8. The predicted molar refractivity (Wildman–Crippen MR) is 112 cm³/mol. The van der Waals surface area contributed by atoms with Gasteiger partial charge < -0.3 is 20.5 Å². The minimum atomic E-state index is -0.819. The average Bonchev–Trinajstić information content (AvgIpc) is 3.19. The van der Waals surface area contributed by atoms with Crippen LogP contribution in [0.15, 0.2) is 53.1 Å². The normalized spacial score (nSPS) is 15.5. The topological polar surface area (TPSA) is 126 Å². The van der Waals surface area contributed by atoms with Gasteiger partial charge in [-0.1, -0.05) is 41.0 Å². The van der Waals surface area contributed by atoms with Gasteiger partial charge in [0.15, 0.2) is 0 Å². The second-order valence-corrected chi connectivity index (χ2v) is 7.28. The van der Waals surface area contributed by atoms with Crippen LogP contribution in [0.3, 0.4) is 0 Å². The van der Waals surface area contributed by atoms with Gasteiger partial charge in [-0.3, -0.25) is 14.4 Å². The summed E-state index contributed by atoms with van der Waals surface area (Å²) in [6.07, 6.45) is 0.173. The number of aromatic nitrogens is 2. The molecule has 10 heteroatoms. The number of nitrogens with zero attached hydrogens (tertiary/aromatic N) is 2. The van der Waals surface area contributed by atoms with E-state index in [1.54, 1.807) is 48.5 Å². The van der Waals surface area contributed by atoms with Gasteiger partial charge in [0, 0.05) is 12.0 Å². The van der Waals surface area contributed by atoms with Crippen molar-refractivity contribution in [1.29, 1.82) is 0 Å². The van der Waals surface area contributed by atoms with E-state index in [0.717, 1.165) is 0 Å². The van der Waals surface area contributed by atoms with E-state index in [1.165, 1.54) is 0 Å². The van der Waals surface area contributed by atoms with Crippen LogP contribution in [-0.2, 0) is 16.1 Å². The summed E-state index contributed by atoms with van der Waals surface area (Å²) < 4.78 is 5.15. The molecule has 2 heterocycles. The van der Waals surface area contributed by atoms with Crippen molar-refractivity contribution in [2.45, 2.75) is 25.4 Å².